The van der Waals surface area contributed by atoms with Crippen molar-refractivity contribution in [2.24, 2.45) is 9.98 Å². The number of carbonyl (C=O) groups excluding carboxylic acids is 2. The third-order valence-electron chi connectivity index (χ3n) is 13.0. The van der Waals surface area contributed by atoms with Gasteiger partial charge >= 0.3 is 0 Å². The molecule has 0 radical (unpaired) electrons. The number of fused-ring (bicyclic) bond motifs is 6. The molecule has 4 heterocycles. The van der Waals surface area contributed by atoms with E-state index in [1.165, 1.54) is 11.1 Å². The number of methoxy groups -OCH3 is 2. The minimum absolute atomic E-state index is 0.0940. The van der Waals surface area contributed by atoms with Gasteiger partial charge in [-0.2, -0.15) is 0 Å². The van der Waals surface area contributed by atoms with Crippen molar-refractivity contribution in [2.75, 3.05) is 28.3 Å². The molecular formula is C54H52N5O7+. The molecule has 1 N–H and O–H groups in total. The molecule has 12 nitrogen and oxygen atoms in total. The number of carbonyl (C=O) groups is 2. The van der Waals surface area contributed by atoms with Gasteiger partial charge in [-0.25, -0.2) is 0 Å². The first kappa shape index (κ1) is 42.5. The summed E-state index contributed by atoms with van der Waals surface area (Å²) in [6, 6.07) is 36.9. The largest absolute Gasteiger partial charge is 0.508 e. The van der Waals surface area contributed by atoms with Crippen LogP contribution in [-0.2, 0) is 52.2 Å². The van der Waals surface area contributed by atoms with E-state index < -0.39 is 0 Å². The van der Waals surface area contributed by atoms with Gasteiger partial charge in [-0.3, -0.25) is 19.6 Å². The van der Waals surface area contributed by atoms with E-state index in [1.54, 1.807) is 50.6 Å². The topological polar surface area (TPSA) is 122 Å². The van der Waals surface area contributed by atoms with Crippen molar-refractivity contribution in [3.8, 4) is 28.7 Å². The molecule has 0 fully saturated rings. The molecule has 6 aromatic carbocycles. The molecule has 12 heteroatoms. The first-order valence-corrected chi connectivity index (χ1v) is 22.3. The maximum Gasteiger partial charge on any atom is 0.257 e. The van der Waals surface area contributed by atoms with Crippen molar-refractivity contribution in [3.05, 3.63) is 171 Å². The second kappa shape index (κ2) is 17.5. The van der Waals surface area contributed by atoms with Crippen LogP contribution < -0.4 is 18.9 Å². The monoisotopic (exact) mass is 882 g/mol. The zero-order valence-corrected chi connectivity index (χ0v) is 37.6. The van der Waals surface area contributed by atoms with E-state index >= 15 is 0 Å². The Morgan fingerprint density at radius 1 is 0.561 bits per heavy atom. The molecule has 0 spiro atoms. The van der Waals surface area contributed by atoms with Gasteiger partial charge in [0.1, 0.15) is 32.1 Å². The summed E-state index contributed by atoms with van der Waals surface area (Å²) >= 11 is 0. The summed E-state index contributed by atoms with van der Waals surface area (Å²) < 4.78 is 25.4. The van der Waals surface area contributed by atoms with Gasteiger partial charge in [0.25, 0.3) is 11.8 Å². The fourth-order valence-electron chi connectivity index (χ4n) is 9.71. The molecule has 2 atom stereocenters. The standard InChI is InChI=1S/C54H51N5O7/c1-59(2,30-34-13-15-44(60)16-14-34)31-35-17-36(32-65-51-24-47-45(22-49(51)63-3)53(61)57-28-40-11-7-5-9-38(40)20-42(57)26-55-47)19-37(18-35)33-66-52-25-48-46(23-50(52)64-4)54(62)58-29-41-12-8-6-10-39(41)21-43(58)27-56-48/h5-19,22-27,42-43H,20-21,28-33H2,1-4H3/p+1. The lowest BCUT2D eigenvalue weighted by Gasteiger charge is -2.34. The van der Waals surface area contributed by atoms with Crippen molar-refractivity contribution in [1.29, 1.82) is 0 Å². The normalized spacial score (nSPS) is 17.0. The number of aliphatic imine (C=N–C) groups is 2. The van der Waals surface area contributed by atoms with Gasteiger partial charge in [-0.05, 0) is 101 Å². The first-order valence-electron chi connectivity index (χ1n) is 22.3. The van der Waals surface area contributed by atoms with Crippen molar-refractivity contribution in [1.82, 2.24) is 9.80 Å². The number of hydrogen-bond donors (Lipinski definition) is 1. The Kier molecular flexibility index (Phi) is 11.3. The van der Waals surface area contributed by atoms with Crippen LogP contribution in [0.3, 0.4) is 0 Å². The molecule has 0 aromatic heterocycles. The minimum atomic E-state index is -0.156. The molecule has 2 unspecified atom stereocenters. The highest BCUT2D eigenvalue weighted by atomic mass is 16.5. The maximum absolute atomic E-state index is 14.0. The van der Waals surface area contributed by atoms with Gasteiger partial charge in [-0.1, -0.05) is 48.5 Å². The summed E-state index contributed by atoms with van der Waals surface area (Å²) in [4.78, 5) is 41.5. The zero-order valence-electron chi connectivity index (χ0n) is 37.6. The molecule has 0 bridgehead atoms. The number of rotatable bonds is 12. The number of aromatic hydroxyl groups is 1. The number of hydrogen-bond acceptors (Lipinski definition) is 9. The predicted octanol–water partition coefficient (Wildman–Crippen LogP) is 8.91. The van der Waals surface area contributed by atoms with Gasteiger partial charge < -0.3 is 38.3 Å². The number of quaternary nitrogens is 1. The molecule has 0 aliphatic carbocycles. The Morgan fingerprint density at radius 2 is 1.00 bits per heavy atom. The molecule has 66 heavy (non-hydrogen) atoms. The van der Waals surface area contributed by atoms with Crippen LogP contribution in [0.2, 0.25) is 0 Å². The van der Waals surface area contributed by atoms with E-state index in [2.05, 4.69) is 56.6 Å². The average molecular weight is 883 g/mol. The Balaban J connectivity index is 0.921. The highest BCUT2D eigenvalue weighted by Crippen LogP contribution is 2.41. The number of phenolic OH excluding ortho intramolecular Hbond substituents is 1. The molecule has 0 saturated carbocycles. The first-order chi connectivity index (χ1) is 32.0. The fourth-order valence-corrected chi connectivity index (χ4v) is 9.71. The van der Waals surface area contributed by atoms with E-state index in [-0.39, 0.29) is 42.9 Å². The quantitative estimate of drug-likeness (QED) is 0.122. The molecule has 4 aliphatic heterocycles. The maximum atomic E-state index is 14.0. The SMILES string of the molecule is COc1cc2c(cc1OCc1cc(COc3cc4c(cc3OC)C(=O)N3Cc5ccccc5CC3C=N4)cc(C[N+](C)(C)Cc3ccc(O)cc3)c1)N=CC1Cc3ccccc3CN1C2=O. The number of ether oxygens (including phenoxy) is 4. The third-order valence-corrected chi connectivity index (χ3v) is 13.0. The summed E-state index contributed by atoms with van der Waals surface area (Å²) in [6.45, 7) is 2.84. The molecular weight excluding hydrogens is 831 g/mol. The molecule has 10 rings (SSSR count). The van der Waals surface area contributed by atoms with Crippen LogP contribution in [-0.4, -0.2) is 84.0 Å². The second-order valence-corrected chi connectivity index (χ2v) is 18.2. The third kappa shape index (κ3) is 8.59. The van der Waals surface area contributed by atoms with Crippen LogP contribution in [0.4, 0.5) is 11.4 Å². The minimum Gasteiger partial charge on any atom is -0.508 e. The van der Waals surface area contributed by atoms with E-state index in [1.807, 2.05) is 58.6 Å². The average Bonchev–Trinajstić information content (AvgIpc) is 3.53. The van der Waals surface area contributed by atoms with Gasteiger partial charge in [0.05, 0.1) is 62.9 Å². The number of phenols is 1. The highest BCUT2D eigenvalue weighted by molar-refractivity contribution is 6.04. The van der Waals surface area contributed by atoms with Crippen LogP contribution in [0.5, 0.6) is 28.7 Å². The number of benzene rings is 6. The Bertz CT molecular complexity index is 2760. The smallest absolute Gasteiger partial charge is 0.257 e. The zero-order chi connectivity index (χ0) is 45.5. The lowest BCUT2D eigenvalue weighted by Crippen LogP contribution is -2.44. The Morgan fingerprint density at radius 3 is 1.47 bits per heavy atom. The van der Waals surface area contributed by atoms with E-state index in [4.69, 9.17) is 28.9 Å². The van der Waals surface area contributed by atoms with Crippen molar-refractivity contribution in [3.63, 3.8) is 0 Å². The summed E-state index contributed by atoms with van der Waals surface area (Å²) in [5, 5.41) is 9.91. The molecule has 0 saturated heterocycles. The predicted molar refractivity (Wildman–Crippen MR) is 253 cm³/mol. The van der Waals surface area contributed by atoms with Crippen molar-refractivity contribution < 1.29 is 38.1 Å². The summed E-state index contributed by atoms with van der Waals surface area (Å²) in [7, 11) is 7.50. The molecule has 2 amide bonds. The van der Waals surface area contributed by atoms with E-state index in [0.29, 0.717) is 82.5 Å². The van der Waals surface area contributed by atoms with Gasteiger partial charge in [-0.15, -0.1) is 0 Å². The highest BCUT2D eigenvalue weighted by Gasteiger charge is 2.35. The summed E-state index contributed by atoms with van der Waals surface area (Å²) in [5.41, 5.74) is 10.7. The molecule has 334 valence electrons. The van der Waals surface area contributed by atoms with E-state index in [9.17, 15) is 14.7 Å². The van der Waals surface area contributed by atoms with Gasteiger partial charge in [0, 0.05) is 48.8 Å². The summed E-state index contributed by atoms with van der Waals surface area (Å²) in [5.74, 6) is 1.88. The van der Waals surface area contributed by atoms with Crippen LogP contribution in [0.15, 0.2) is 125 Å². The lowest BCUT2D eigenvalue weighted by molar-refractivity contribution is -0.916. The van der Waals surface area contributed by atoms with Crippen molar-refractivity contribution in [2.45, 2.75) is 64.3 Å². The summed E-state index contributed by atoms with van der Waals surface area (Å²) in [6.07, 6.45) is 5.15. The van der Waals surface area contributed by atoms with E-state index in [0.717, 1.165) is 39.9 Å². The lowest BCUT2D eigenvalue weighted by atomic mass is 9.94. The van der Waals surface area contributed by atoms with Crippen molar-refractivity contribution >= 4 is 35.6 Å². The number of nitrogens with zero attached hydrogens (tertiary/aromatic N) is 5. The van der Waals surface area contributed by atoms with Crippen LogP contribution in [0, 0.1) is 0 Å². The van der Waals surface area contributed by atoms with Crippen LogP contribution in [0.1, 0.15) is 65.2 Å². The fraction of sp³-hybridized carbons (Fsp3) is 0.259. The van der Waals surface area contributed by atoms with Crippen LogP contribution in [0.25, 0.3) is 0 Å². The van der Waals surface area contributed by atoms with Crippen LogP contribution >= 0.6 is 0 Å². The Hall–Kier alpha value is -7.44. The molecule has 4 aliphatic rings. The Labute approximate surface area is 384 Å². The number of amides is 2. The van der Waals surface area contributed by atoms with Gasteiger partial charge in [0.15, 0.2) is 23.0 Å². The molecule has 6 aromatic rings. The second-order valence-electron chi connectivity index (χ2n) is 18.2. The van der Waals surface area contributed by atoms with Gasteiger partial charge in [0.2, 0.25) is 0 Å².